The zero-order valence-electron chi connectivity index (χ0n) is 10.8. The summed E-state index contributed by atoms with van der Waals surface area (Å²) in [5.41, 5.74) is 5.94. The molecule has 1 aliphatic heterocycles. The van der Waals surface area contributed by atoms with Crippen molar-refractivity contribution in [3.05, 3.63) is 0 Å². The molecule has 17 heavy (non-hydrogen) atoms. The first-order valence-corrected chi connectivity index (χ1v) is 6.92. The Morgan fingerprint density at radius 2 is 1.94 bits per heavy atom. The molecule has 1 aliphatic carbocycles. The first kappa shape index (κ1) is 12.8. The summed E-state index contributed by atoms with van der Waals surface area (Å²) in [5, 5.41) is 2.78. The van der Waals surface area contributed by atoms with Crippen LogP contribution in [-0.2, 0) is 4.79 Å². The predicted molar refractivity (Wildman–Crippen MR) is 68.6 cm³/mol. The number of hydrogen-bond acceptors (Lipinski definition) is 3. The van der Waals surface area contributed by atoms with E-state index in [4.69, 9.17) is 5.73 Å². The van der Waals surface area contributed by atoms with Crippen molar-refractivity contribution in [1.82, 2.24) is 10.2 Å². The molecule has 1 atom stereocenters. The van der Waals surface area contributed by atoms with Crippen LogP contribution >= 0.6 is 0 Å². The molecule has 3 N–H and O–H groups in total. The van der Waals surface area contributed by atoms with Crippen LogP contribution in [0.25, 0.3) is 0 Å². The van der Waals surface area contributed by atoms with E-state index in [0.29, 0.717) is 12.1 Å². The van der Waals surface area contributed by atoms with Crippen LogP contribution in [0.15, 0.2) is 0 Å². The Labute approximate surface area is 104 Å². The first-order chi connectivity index (χ1) is 8.20. The van der Waals surface area contributed by atoms with Gasteiger partial charge in [-0.25, -0.2) is 0 Å². The van der Waals surface area contributed by atoms with Crippen LogP contribution in [-0.4, -0.2) is 43.0 Å². The number of likely N-dealkylation sites (tertiary alicyclic amines) is 1. The Hall–Kier alpha value is -0.610. The molecule has 2 fully saturated rings. The van der Waals surface area contributed by atoms with Gasteiger partial charge in [0.1, 0.15) is 0 Å². The van der Waals surface area contributed by atoms with E-state index in [0.717, 1.165) is 38.8 Å². The van der Waals surface area contributed by atoms with Gasteiger partial charge >= 0.3 is 0 Å². The molecular weight excluding hydrogens is 214 g/mol. The summed E-state index contributed by atoms with van der Waals surface area (Å²) in [6.07, 6.45) is 6.91. The molecule has 1 saturated heterocycles. The van der Waals surface area contributed by atoms with E-state index >= 15 is 0 Å². The number of carbonyl (C=O) groups excluding carboxylic acids is 1. The quantitative estimate of drug-likeness (QED) is 0.746. The number of nitrogens with zero attached hydrogens (tertiary/aromatic N) is 1. The lowest BCUT2D eigenvalue weighted by molar-refractivity contribution is -0.126. The standard InChI is InChI=1S/C13H25N3O/c1-15-13(17)10-3-2-8-16(9-10)12-6-4-11(14)5-7-12/h10-12H,2-9,14H2,1H3,(H,15,17). The van der Waals surface area contributed by atoms with E-state index in [1.54, 1.807) is 7.05 Å². The second-order valence-corrected chi connectivity index (χ2v) is 5.52. The topological polar surface area (TPSA) is 58.4 Å². The minimum atomic E-state index is 0.198. The van der Waals surface area contributed by atoms with E-state index in [1.165, 1.54) is 12.8 Å². The molecule has 1 amide bonds. The zero-order chi connectivity index (χ0) is 12.3. The zero-order valence-corrected chi connectivity index (χ0v) is 10.8. The summed E-state index contributed by atoms with van der Waals surface area (Å²) in [5.74, 6) is 0.409. The van der Waals surface area contributed by atoms with Crippen molar-refractivity contribution in [2.45, 2.75) is 50.6 Å². The van der Waals surface area contributed by atoms with Gasteiger partial charge in [-0.15, -0.1) is 0 Å². The monoisotopic (exact) mass is 239 g/mol. The normalized spacial score (nSPS) is 35.5. The first-order valence-electron chi connectivity index (χ1n) is 6.92. The van der Waals surface area contributed by atoms with Gasteiger partial charge in [0, 0.05) is 25.7 Å². The predicted octanol–water partition coefficient (Wildman–Crippen LogP) is 0.714. The second-order valence-electron chi connectivity index (χ2n) is 5.52. The lowest BCUT2D eigenvalue weighted by Crippen LogP contribution is -2.48. The van der Waals surface area contributed by atoms with Gasteiger partial charge in [-0.05, 0) is 45.1 Å². The fourth-order valence-electron chi connectivity index (χ4n) is 3.22. The van der Waals surface area contributed by atoms with Crippen LogP contribution in [0.3, 0.4) is 0 Å². The number of amides is 1. The van der Waals surface area contributed by atoms with E-state index in [2.05, 4.69) is 10.2 Å². The average molecular weight is 239 g/mol. The van der Waals surface area contributed by atoms with Crippen LogP contribution in [0.5, 0.6) is 0 Å². The number of nitrogens with one attached hydrogen (secondary N) is 1. The average Bonchev–Trinajstić information content (AvgIpc) is 2.39. The third kappa shape index (κ3) is 3.19. The lowest BCUT2D eigenvalue weighted by Gasteiger charge is -2.40. The molecule has 1 heterocycles. The molecule has 0 aromatic rings. The fourth-order valence-corrected chi connectivity index (χ4v) is 3.22. The molecular formula is C13H25N3O. The van der Waals surface area contributed by atoms with Crippen molar-refractivity contribution in [1.29, 1.82) is 0 Å². The van der Waals surface area contributed by atoms with Crippen molar-refractivity contribution in [3.63, 3.8) is 0 Å². The SMILES string of the molecule is CNC(=O)C1CCCN(C2CCC(N)CC2)C1. The second kappa shape index (κ2) is 5.83. The lowest BCUT2D eigenvalue weighted by atomic mass is 9.88. The minimum Gasteiger partial charge on any atom is -0.359 e. The van der Waals surface area contributed by atoms with Crippen molar-refractivity contribution < 1.29 is 4.79 Å². The van der Waals surface area contributed by atoms with Gasteiger partial charge in [-0.3, -0.25) is 9.69 Å². The van der Waals surface area contributed by atoms with Crippen LogP contribution in [0.2, 0.25) is 0 Å². The molecule has 1 unspecified atom stereocenters. The van der Waals surface area contributed by atoms with Gasteiger partial charge in [0.05, 0.1) is 5.92 Å². The summed E-state index contributed by atoms with van der Waals surface area (Å²) in [7, 11) is 1.74. The van der Waals surface area contributed by atoms with Crippen molar-refractivity contribution in [2.24, 2.45) is 11.7 Å². The highest BCUT2D eigenvalue weighted by molar-refractivity contribution is 5.78. The number of hydrogen-bond donors (Lipinski definition) is 2. The number of carbonyl (C=O) groups is 1. The van der Waals surface area contributed by atoms with E-state index < -0.39 is 0 Å². The number of rotatable bonds is 2. The maximum Gasteiger partial charge on any atom is 0.224 e. The van der Waals surface area contributed by atoms with Gasteiger partial charge in [0.25, 0.3) is 0 Å². The molecule has 0 radical (unpaired) electrons. The summed E-state index contributed by atoms with van der Waals surface area (Å²) in [6.45, 7) is 2.10. The fraction of sp³-hybridized carbons (Fsp3) is 0.923. The van der Waals surface area contributed by atoms with E-state index in [1.807, 2.05) is 0 Å². The Bertz CT molecular complexity index is 261. The molecule has 98 valence electrons. The van der Waals surface area contributed by atoms with Gasteiger partial charge < -0.3 is 11.1 Å². The largest absolute Gasteiger partial charge is 0.359 e. The number of piperidine rings is 1. The summed E-state index contributed by atoms with van der Waals surface area (Å²) in [6, 6.07) is 1.08. The smallest absolute Gasteiger partial charge is 0.224 e. The van der Waals surface area contributed by atoms with Crippen LogP contribution < -0.4 is 11.1 Å². The van der Waals surface area contributed by atoms with Gasteiger partial charge in [0.15, 0.2) is 0 Å². The van der Waals surface area contributed by atoms with Crippen molar-refractivity contribution >= 4 is 5.91 Å². The minimum absolute atomic E-state index is 0.198. The highest BCUT2D eigenvalue weighted by Gasteiger charge is 2.30. The van der Waals surface area contributed by atoms with E-state index in [-0.39, 0.29) is 11.8 Å². The van der Waals surface area contributed by atoms with Crippen LogP contribution in [0.4, 0.5) is 0 Å². The highest BCUT2D eigenvalue weighted by atomic mass is 16.1. The third-order valence-corrected chi connectivity index (χ3v) is 4.33. The molecule has 2 aliphatic rings. The Morgan fingerprint density at radius 3 is 2.59 bits per heavy atom. The molecule has 1 saturated carbocycles. The number of nitrogens with two attached hydrogens (primary N) is 1. The van der Waals surface area contributed by atoms with Crippen LogP contribution in [0.1, 0.15) is 38.5 Å². The Kier molecular flexibility index (Phi) is 4.40. The molecule has 4 nitrogen and oxygen atoms in total. The molecule has 2 rings (SSSR count). The van der Waals surface area contributed by atoms with Crippen LogP contribution in [0, 0.1) is 5.92 Å². The summed E-state index contributed by atoms with van der Waals surface area (Å²) >= 11 is 0. The van der Waals surface area contributed by atoms with Crippen molar-refractivity contribution in [3.8, 4) is 0 Å². The molecule has 4 heteroatoms. The van der Waals surface area contributed by atoms with Gasteiger partial charge in [-0.2, -0.15) is 0 Å². The summed E-state index contributed by atoms with van der Waals surface area (Å²) < 4.78 is 0. The molecule has 0 spiro atoms. The summed E-state index contributed by atoms with van der Waals surface area (Å²) in [4.78, 5) is 14.2. The van der Waals surface area contributed by atoms with Gasteiger partial charge in [0.2, 0.25) is 5.91 Å². The van der Waals surface area contributed by atoms with Gasteiger partial charge in [-0.1, -0.05) is 0 Å². The molecule has 0 aromatic heterocycles. The maximum absolute atomic E-state index is 11.7. The van der Waals surface area contributed by atoms with Crippen molar-refractivity contribution in [2.75, 3.05) is 20.1 Å². The highest BCUT2D eigenvalue weighted by Crippen LogP contribution is 2.26. The Morgan fingerprint density at radius 1 is 1.24 bits per heavy atom. The Balaban J connectivity index is 1.86. The van der Waals surface area contributed by atoms with E-state index in [9.17, 15) is 4.79 Å². The molecule has 0 aromatic carbocycles. The molecule has 0 bridgehead atoms. The maximum atomic E-state index is 11.7. The third-order valence-electron chi connectivity index (χ3n) is 4.33.